The number of nitrogens with zero attached hydrogens (tertiary/aromatic N) is 1. The van der Waals surface area contributed by atoms with Crippen LogP contribution in [0.5, 0.6) is 0 Å². The van der Waals surface area contributed by atoms with Gasteiger partial charge in [-0.2, -0.15) is 30.6 Å². The number of aliphatic hydroxyl groups is 1. The van der Waals surface area contributed by atoms with Crippen molar-refractivity contribution in [2.75, 3.05) is 19.6 Å². The summed E-state index contributed by atoms with van der Waals surface area (Å²) in [5, 5.41) is 9.03. The van der Waals surface area contributed by atoms with E-state index in [-0.39, 0.29) is 19.5 Å². The van der Waals surface area contributed by atoms with Gasteiger partial charge < -0.3 is 5.11 Å². The van der Waals surface area contributed by atoms with Gasteiger partial charge in [-0.1, -0.05) is 0 Å². The van der Waals surface area contributed by atoms with Crippen LogP contribution in [0.4, 0.5) is 13.2 Å². The molecule has 0 aromatic heterocycles. The van der Waals surface area contributed by atoms with Crippen molar-refractivity contribution < 1.29 is 26.7 Å². The second kappa shape index (κ2) is 4.24. The van der Waals surface area contributed by atoms with E-state index < -0.39 is 29.0 Å². The van der Waals surface area contributed by atoms with Crippen molar-refractivity contribution in [2.24, 2.45) is 0 Å². The zero-order valence-corrected chi connectivity index (χ0v) is 8.48. The van der Waals surface area contributed by atoms with Crippen molar-refractivity contribution in [1.82, 2.24) is 9.03 Å². The van der Waals surface area contributed by atoms with E-state index in [1.807, 2.05) is 0 Å². The maximum absolute atomic E-state index is 11.8. The molecule has 1 unspecified atom stereocenters. The number of aliphatic hydroxyl groups excluding tert-OH is 1. The average molecular weight is 248 g/mol. The van der Waals surface area contributed by atoms with E-state index in [0.717, 1.165) is 4.31 Å². The van der Waals surface area contributed by atoms with Gasteiger partial charge in [0.2, 0.25) is 0 Å². The Labute approximate surface area is 85.1 Å². The molecular weight excluding hydrogens is 237 g/mol. The summed E-state index contributed by atoms with van der Waals surface area (Å²) in [4.78, 5) is 0. The van der Waals surface area contributed by atoms with Gasteiger partial charge in [0.05, 0.1) is 6.10 Å². The molecule has 1 heterocycles. The average Bonchev–Trinajstić information content (AvgIpc) is 2.48. The van der Waals surface area contributed by atoms with E-state index >= 15 is 0 Å². The summed E-state index contributed by atoms with van der Waals surface area (Å²) in [5.41, 5.74) is 0. The van der Waals surface area contributed by atoms with E-state index in [1.165, 1.54) is 4.72 Å². The Bertz CT molecular complexity index is 316. The SMILES string of the molecule is O=S(=O)(NCC(F)(F)F)N1CCC(O)C1. The third kappa shape index (κ3) is 3.93. The zero-order valence-electron chi connectivity index (χ0n) is 7.66. The molecule has 90 valence electrons. The van der Waals surface area contributed by atoms with Crippen LogP contribution < -0.4 is 4.72 Å². The first kappa shape index (κ1) is 12.7. The first-order valence-electron chi connectivity index (χ1n) is 4.20. The third-order valence-corrected chi connectivity index (χ3v) is 3.44. The summed E-state index contributed by atoms with van der Waals surface area (Å²) in [6, 6.07) is 0. The number of hydrogen-bond donors (Lipinski definition) is 2. The molecule has 1 saturated heterocycles. The lowest BCUT2D eigenvalue weighted by molar-refractivity contribution is -0.121. The monoisotopic (exact) mass is 248 g/mol. The van der Waals surface area contributed by atoms with Crippen LogP contribution in [-0.4, -0.2) is 49.7 Å². The molecule has 0 radical (unpaired) electrons. The topological polar surface area (TPSA) is 69.6 Å². The van der Waals surface area contributed by atoms with Crippen LogP contribution in [0.1, 0.15) is 6.42 Å². The van der Waals surface area contributed by atoms with Crippen molar-refractivity contribution in [3.05, 3.63) is 0 Å². The lowest BCUT2D eigenvalue weighted by Gasteiger charge is -2.16. The van der Waals surface area contributed by atoms with E-state index in [2.05, 4.69) is 0 Å². The molecule has 1 aliphatic rings. The number of β-amino-alcohol motifs (C(OH)–C–C–N with tert-alkyl or cyclic N) is 1. The van der Waals surface area contributed by atoms with Gasteiger partial charge in [-0.15, -0.1) is 0 Å². The smallest absolute Gasteiger partial charge is 0.392 e. The highest BCUT2D eigenvalue weighted by molar-refractivity contribution is 7.87. The quantitative estimate of drug-likeness (QED) is 0.704. The van der Waals surface area contributed by atoms with Gasteiger partial charge in [0.15, 0.2) is 0 Å². The highest BCUT2D eigenvalue weighted by Gasteiger charge is 2.34. The number of nitrogens with one attached hydrogen (secondary N) is 1. The van der Waals surface area contributed by atoms with E-state index in [9.17, 15) is 21.6 Å². The maximum Gasteiger partial charge on any atom is 0.402 e. The normalized spacial score (nSPS) is 24.7. The summed E-state index contributed by atoms with van der Waals surface area (Å²) >= 11 is 0. The molecular formula is C6H11F3N2O3S. The van der Waals surface area contributed by atoms with Crippen molar-refractivity contribution in [3.8, 4) is 0 Å². The minimum absolute atomic E-state index is 0.0361. The van der Waals surface area contributed by atoms with Gasteiger partial charge >= 0.3 is 6.18 Å². The van der Waals surface area contributed by atoms with Gasteiger partial charge in [0.25, 0.3) is 10.2 Å². The van der Waals surface area contributed by atoms with Crippen molar-refractivity contribution in [1.29, 1.82) is 0 Å². The molecule has 5 nitrogen and oxygen atoms in total. The molecule has 0 saturated carbocycles. The Hall–Kier alpha value is -0.380. The van der Waals surface area contributed by atoms with Crippen molar-refractivity contribution in [2.45, 2.75) is 18.7 Å². The fourth-order valence-electron chi connectivity index (χ4n) is 1.19. The van der Waals surface area contributed by atoms with Crippen LogP contribution >= 0.6 is 0 Å². The van der Waals surface area contributed by atoms with Gasteiger partial charge in [-0.3, -0.25) is 0 Å². The molecule has 1 aliphatic heterocycles. The summed E-state index contributed by atoms with van der Waals surface area (Å²) in [7, 11) is -4.12. The molecule has 0 spiro atoms. The number of halogens is 3. The Morgan fingerprint density at radius 3 is 2.47 bits per heavy atom. The van der Waals surface area contributed by atoms with Gasteiger partial charge in [-0.05, 0) is 6.42 Å². The standard InChI is InChI=1S/C6H11F3N2O3S/c7-6(8,9)4-10-15(13,14)11-2-1-5(12)3-11/h5,10,12H,1-4H2. The molecule has 0 aromatic rings. The number of alkyl halides is 3. The predicted octanol–water partition coefficient (Wildman–Crippen LogP) is -0.550. The van der Waals surface area contributed by atoms with E-state index in [0.29, 0.717) is 0 Å². The van der Waals surface area contributed by atoms with Crippen LogP contribution in [0.25, 0.3) is 0 Å². The number of rotatable bonds is 3. The van der Waals surface area contributed by atoms with Crippen LogP contribution in [-0.2, 0) is 10.2 Å². The molecule has 1 atom stereocenters. The first-order chi connectivity index (χ1) is 6.71. The largest absolute Gasteiger partial charge is 0.402 e. The van der Waals surface area contributed by atoms with Gasteiger partial charge in [0.1, 0.15) is 6.54 Å². The fourth-order valence-corrected chi connectivity index (χ4v) is 2.44. The van der Waals surface area contributed by atoms with E-state index in [4.69, 9.17) is 5.11 Å². The van der Waals surface area contributed by atoms with Crippen molar-refractivity contribution in [3.63, 3.8) is 0 Å². The molecule has 0 aliphatic carbocycles. The van der Waals surface area contributed by atoms with Crippen LogP contribution in [0.3, 0.4) is 0 Å². The highest BCUT2D eigenvalue weighted by Crippen LogP contribution is 2.16. The third-order valence-electron chi connectivity index (χ3n) is 1.92. The van der Waals surface area contributed by atoms with Gasteiger partial charge in [0, 0.05) is 13.1 Å². The summed E-state index contributed by atoms with van der Waals surface area (Å²) in [6.45, 7) is -1.72. The molecule has 1 fully saturated rings. The van der Waals surface area contributed by atoms with E-state index in [1.54, 1.807) is 0 Å². The summed E-state index contributed by atoms with van der Waals surface area (Å²) in [5.74, 6) is 0. The lowest BCUT2D eigenvalue weighted by Crippen LogP contribution is -2.43. The summed E-state index contributed by atoms with van der Waals surface area (Å²) < 4.78 is 59.9. The fraction of sp³-hybridized carbons (Fsp3) is 1.00. The molecule has 0 bridgehead atoms. The summed E-state index contributed by atoms with van der Waals surface area (Å²) in [6.07, 6.45) is -5.13. The minimum atomic E-state index is -4.58. The Morgan fingerprint density at radius 1 is 1.47 bits per heavy atom. The Morgan fingerprint density at radius 2 is 2.07 bits per heavy atom. The highest BCUT2D eigenvalue weighted by atomic mass is 32.2. The molecule has 0 amide bonds. The Kier molecular flexibility index (Phi) is 3.59. The maximum atomic E-state index is 11.8. The first-order valence-corrected chi connectivity index (χ1v) is 5.64. The molecule has 2 N–H and O–H groups in total. The minimum Gasteiger partial charge on any atom is -0.392 e. The van der Waals surface area contributed by atoms with Crippen LogP contribution in [0.15, 0.2) is 0 Å². The second-order valence-electron chi connectivity index (χ2n) is 3.24. The van der Waals surface area contributed by atoms with Crippen molar-refractivity contribution >= 4 is 10.2 Å². The van der Waals surface area contributed by atoms with Gasteiger partial charge in [-0.25, -0.2) is 0 Å². The molecule has 9 heteroatoms. The van der Waals surface area contributed by atoms with Crippen LogP contribution in [0.2, 0.25) is 0 Å². The lowest BCUT2D eigenvalue weighted by atomic mass is 10.3. The molecule has 1 rings (SSSR count). The number of hydrogen-bond acceptors (Lipinski definition) is 3. The molecule has 0 aromatic carbocycles. The Balaban J connectivity index is 2.53. The van der Waals surface area contributed by atoms with Crippen LogP contribution in [0, 0.1) is 0 Å². The second-order valence-corrected chi connectivity index (χ2v) is 5.00. The predicted molar refractivity (Wildman–Crippen MR) is 45.2 cm³/mol. The zero-order chi connectivity index (χ0) is 11.7. The molecule has 15 heavy (non-hydrogen) atoms.